The molecule has 7 heteroatoms. The number of carbonyl (C=O) groups is 1. The van der Waals surface area contributed by atoms with Crippen LogP contribution in [0.5, 0.6) is 5.75 Å². The van der Waals surface area contributed by atoms with Gasteiger partial charge in [-0.1, -0.05) is 26.5 Å². The summed E-state index contributed by atoms with van der Waals surface area (Å²) in [6.07, 6.45) is 4.58. The molecule has 1 aliphatic rings. The highest BCUT2D eigenvalue weighted by Gasteiger charge is 2.43. The van der Waals surface area contributed by atoms with E-state index in [1.807, 2.05) is 26.0 Å². The first-order valence-electron chi connectivity index (χ1n) is 9.69. The lowest BCUT2D eigenvalue weighted by Crippen LogP contribution is -2.42. The van der Waals surface area contributed by atoms with Crippen LogP contribution in [0.2, 0.25) is 0 Å². The summed E-state index contributed by atoms with van der Waals surface area (Å²) in [6.45, 7) is 12.1. The quantitative estimate of drug-likeness (QED) is 0.507. The van der Waals surface area contributed by atoms with Crippen LogP contribution in [0.3, 0.4) is 0 Å². The van der Waals surface area contributed by atoms with Crippen LogP contribution < -0.4 is 10.1 Å². The predicted molar refractivity (Wildman–Crippen MR) is 117 cm³/mol. The number of rotatable bonds is 6. The molecule has 0 spiro atoms. The van der Waals surface area contributed by atoms with Crippen LogP contribution in [0.15, 0.2) is 60.1 Å². The second-order valence-electron chi connectivity index (χ2n) is 8.02. The fourth-order valence-corrected chi connectivity index (χ4v) is 3.37. The molecule has 1 atom stereocenters. The van der Waals surface area contributed by atoms with Crippen molar-refractivity contribution in [3.05, 3.63) is 60.1 Å². The van der Waals surface area contributed by atoms with E-state index < -0.39 is 5.79 Å². The van der Waals surface area contributed by atoms with Crippen molar-refractivity contribution in [3.63, 3.8) is 0 Å². The van der Waals surface area contributed by atoms with Crippen molar-refractivity contribution in [2.45, 2.75) is 39.9 Å². The topological polar surface area (TPSA) is 69.3 Å². The van der Waals surface area contributed by atoms with Crippen LogP contribution in [0, 0.1) is 5.41 Å². The van der Waals surface area contributed by atoms with Gasteiger partial charge in [-0.15, -0.1) is 0 Å². The minimum Gasteiger partial charge on any atom is -0.463 e. The Balaban J connectivity index is 2.06. The molecule has 7 nitrogen and oxygen atoms in total. The van der Waals surface area contributed by atoms with Gasteiger partial charge in [-0.2, -0.15) is 0 Å². The maximum absolute atomic E-state index is 11.8. The van der Waals surface area contributed by atoms with Gasteiger partial charge in [-0.3, -0.25) is 4.84 Å². The zero-order valence-electron chi connectivity index (χ0n) is 18.9. The molecule has 2 amide bonds. The third-order valence-electron chi connectivity index (χ3n) is 4.99. The van der Waals surface area contributed by atoms with Crippen molar-refractivity contribution in [2.75, 3.05) is 26.6 Å². The Hall–Kier alpha value is -2.77. The van der Waals surface area contributed by atoms with E-state index in [9.17, 15) is 4.79 Å². The van der Waals surface area contributed by atoms with Gasteiger partial charge in [0.15, 0.2) is 0 Å². The summed E-state index contributed by atoms with van der Waals surface area (Å²) in [6, 6.07) is 6.71. The van der Waals surface area contributed by atoms with Crippen molar-refractivity contribution < 1.29 is 23.8 Å². The van der Waals surface area contributed by atoms with Crippen molar-refractivity contribution in [1.82, 2.24) is 5.06 Å². The number of ether oxygens (including phenoxy) is 3. The minimum atomic E-state index is -0.678. The zero-order chi connectivity index (χ0) is 22.5. The lowest BCUT2D eigenvalue weighted by Gasteiger charge is -2.44. The zero-order valence-corrected chi connectivity index (χ0v) is 18.9. The van der Waals surface area contributed by atoms with Crippen LogP contribution >= 0.6 is 0 Å². The molecule has 1 heterocycles. The lowest BCUT2D eigenvalue weighted by atomic mass is 9.75. The fraction of sp³-hybridized carbons (Fsp3) is 0.435. The summed E-state index contributed by atoms with van der Waals surface area (Å²) in [5.41, 5.74) is 1.48. The SMILES string of the molecule is C=C1OC(C)(OC)CC(C)(C)/C1=C/C=C(\C)Oc1ccc(NC(=O)N(C)OC)cc1. The molecule has 0 bridgehead atoms. The Morgan fingerprint density at radius 1 is 1.23 bits per heavy atom. The Morgan fingerprint density at radius 3 is 2.40 bits per heavy atom. The maximum atomic E-state index is 11.8. The first-order chi connectivity index (χ1) is 14.0. The molecular weight excluding hydrogens is 384 g/mol. The van der Waals surface area contributed by atoms with Crippen LogP contribution in [0.1, 0.15) is 34.1 Å². The number of hydroxylamine groups is 2. The molecule has 164 valence electrons. The number of methoxy groups -OCH3 is 1. The van der Waals surface area contributed by atoms with Gasteiger partial charge in [0.05, 0.1) is 7.11 Å². The highest BCUT2D eigenvalue weighted by Crippen LogP contribution is 2.46. The number of nitrogens with one attached hydrogen (secondary N) is 1. The van der Waals surface area contributed by atoms with E-state index >= 15 is 0 Å². The van der Waals surface area contributed by atoms with E-state index in [0.29, 0.717) is 29.4 Å². The normalized spacial score (nSPS) is 22.4. The number of anilines is 1. The monoisotopic (exact) mass is 416 g/mol. The highest BCUT2D eigenvalue weighted by atomic mass is 16.7. The molecule has 1 fully saturated rings. The van der Waals surface area contributed by atoms with Gasteiger partial charge in [-0.25, -0.2) is 9.86 Å². The summed E-state index contributed by atoms with van der Waals surface area (Å²) < 4.78 is 17.3. The molecule has 0 aromatic heterocycles. The van der Waals surface area contributed by atoms with E-state index in [1.165, 1.54) is 14.2 Å². The van der Waals surface area contributed by atoms with Crippen molar-refractivity contribution in [1.29, 1.82) is 0 Å². The number of hydrogen-bond acceptors (Lipinski definition) is 5. The van der Waals surface area contributed by atoms with Gasteiger partial charge in [0.25, 0.3) is 0 Å². The molecule has 1 saturated heterocycles. The Morgan fingerprint density at radius 2 is 1.87 bits per heavy atom. The Bertz CT molecular complexity index is 842. The lowest BCUT2D eigenvalue weighted by molar-refractivity contribution is -0.212. The standard InChI is InChI=1S/C23H32N2O5/c1-16(9-14-20-17(2)30-23(5,27-7)15-22(20,3)4)29-19-12-10-18(11-13-19)24-21(26)25(6)28-8/h9-14H,2,15H2,1,3-8H3,(H,24,26)/b16-9+,20-14+. The van der Waals surface area contributed by atoms with Crippen LogP contribution in [0.25, 0.3) is 0 Å². The van der Waals surface area contributed by atoms with Gasteiger partial charge >= 0.3 is 6.03 Å². The predicted octanol–water partition coefficient (Wildman–Crippen LogP) is 5.24. The molecule has 30 heavy (non-hydrogen) atoms. The van der Waals surface area contributed by atoms with E-state index in [4.69, 9.17) is 19.0 Å². The van der Waals surface area contributed by atoms with Gasteiger partial charge < -0.3 is 19.5 Å². The Labute approximate surface area is 178 Å². The molecule has 1 N–H and O–H groups in total. The average molecular weight is 417 g/mol. The summed E-state index contributed by atoms with van der Waals surface area (Å²) in [5, 5.41) is 3.82. The number of carbonyl (C=O) groups excluding carboxylic acids is 1. The number of benzene rings is 1. The molecule has 1 unspecified atom stereocenters. The molecular formula is C23H32N2O5. The first-order valence-corrected chi connectivity index (χ1v) is 9.69. The third-order valence-corrected chi connectivity index (χ3v) is 4.99. The summed E-state index contributed by atoms with van der Waals surface area (Å²) in [4.78, 5) is 16.6. The van der Waals surface area contributed by atoms with Crippen LogP contribution in [0.4, 0.5) is 10.5 Å². The molecule has 0 radical (unpaired) electrons. The second kappa shape index (κ2) is 9.36. The van der Waals surface area contributed by atoms with E-state index in [-0.39, 0.29) is 11.4 Å². The van der Waals surface area contributed by atoms with Gasteiger partial charge in [0, 0.05) is 33.2 Å². The Kier molecular flexibility index (Phi) is 7.34. The summed E-state index contributed by atoms with van der Waals surface area (Å²) in [7, 11) is 4.59. The molecule has 2 rings (SSSR count). The maximum Gasteiger partial charge on any atom is 0.345 e. The number of nitrogens with zero attached hydrogens (tertiary/aromatic N) is 1. The van der Waals surface area contributed by atoms with Crippen molar-refractivity contribution in [3.8, 4) is 5.75 Å². The van der Waals surface area contributed by atoms with E-state index in [0.717, 1.165) is 10.6 Å². The van der Waals surface area contributed by atoms with E-state index in [1.54, 1.807) is 31.4 Å². The molecule has 1 aromatic rings. The molecule has 1 aliphatic heterocycles. The minimum absolute atomic E-state index is 0.161. The molecule has 0 aliphatic carbocycles. The van der Waals surface area contributed by atoms with Crippen molar-refractivity contribution >= 4 is 11.7 Å². The number of amides is 2. The van der Waals surface area contributed by atoms with E-state index in [2.05, 4.69) is 25.7 Å². The average Bonchev–Trinajstić information content (AvgIpc) is 2.67. The van der Waals surface area contributed by atoms with Gasteiger partial charge in [0.1, 0.15) is 17.3 Å². The highest BCUT2D eigenvalue weighted by molar-refractivity contribution is 5.88. The fourth-order valence-electron chi connectivity index (χ4n) is 3.37. The van der Waals surface area contributed by atoms with Crippen molar-refractivity contribution in [2.24, 2.45) is 5.41 Å². The smallest absolute Gasteiger partial charge is 0.345 e. The molecule has 0 saturated carbocycles. The summed E-state index contributed by atoms with van der Waals surface area (Å²) >= 11 is 0. The largest absolute Gasteiger partial charge is 0.463 e. The first kappa shape index (κ1) is 23.5. The second-order valence-corrected chi connectivity index (χ2v) is 8.02. The number of hydrogen-bond donors (Lipinski definition) is 1. The molecule has 1 aromatic carbocycles. The van der Waals surface area contributed by atoms with Crippen LogP contribution in [-0.4, -0.2) is 38.1 Å². The number of urea groups is 1. The number of allylic oxidation sites excluding steroid dienone is 4. The summed E-state index contributed by atoms with van der Waals surface area (Å²) in [5.74, 6) is 1.29. The van der Waals surface area contributed by atoms with Gasteiger partial charge in [0.2, 0.25) is 5.79 Å². The van der Waals surface area contributed by atoms with Crippen LogP contribution in [-0.2, 0) is 14.3 Å². The third kappa shape index (κ3) is 5.87. The van der Waals surface area contributed by atoms with Gasteiger partial charge in [-0.05, 0) is 48.3 Å².